The molecule has 0 rings (SSSR count). The Morgan fingerprint density at radius 2 is 1.80 bits per heavy atom. The Bertz CT molecular complexity index is 102. The van der Waals surface area contributed by atoms with Crippen molar-refractivity contribution in [2.24, 2.45) is 0 Å². The van der Waals surface area contributed by atoms with Crippen molar-refractivity contribution in [2.45, 2.75) is 33.6 Å². The highest BCUT2D eigenvalue weighted by Gasteiger charge is 1.67. The normalized spacial score (nSPS) is 8.80. The van der Waals surface area contributed by atoms with Crippen LogP contribution < -0.4 is 0 Å². The monoisotopic (exact) mass is 183 g/mol. The summed E-state index contributed by atoms with van der Waals surface area (Å²) in [5, 5.41) is 0. The van der Waals surface area contributed by atoms with E-state index in [1.54, 1.807) is 0 Å². The second-order valence-corrected chi connectivity index (χ2v) is 3.19. The van der Waals surface area contributed by atoms with Crippen LogP contribution in [0.5, 0.6) is 0 Å². The molecule has 0 aromatic carbocycles. The average molecular weight is 183 g/mol. The van der Waals surface area contributed by atoms with E-state index in [-0.39, 0.29) is 0 Å². The van der Waals surface area contributed by atoms with Crippen LogP contribution in [-0.2, 0) is 29.2 Å². The van der Waals surface area contributed by atoms with Crippen LogP contribution >= 0.6 is 0 Å². The molecule has 0 aliphatic heterocycles. The summed E-state index contributed by atoms with van der Waals surface area (Å²) in [7, 11) is -1.48. The second kappa shape index (κ2) is 12.0. The molecule has 64 valence electrons. The van der Waals surface area contributed by atoms with E-state index in [1.807, 2.05) is 6.92 Å². The van der Waals surface area contributed by atoms with Gasteiger partial charge in [-0.3, -0.25) is 0 Å². The molecule has 0 unspecified atom stereocenters. The molecule has 0 atom stereocenters. The molecule has 0 saturated heterocycles. The summed E-state index contributed by atoms with van der Waals surface area (Å²) in [6.07, 6.45) is 2.11. The van der Waals surface area contributed by atoms with Gasteiger partial charge in [0.15, 0.2) is 0 Å². The zero-order valence-electron chi connectivity index (χ0n) is 6.75. The zero-order chi connectivity index (χ0) is 8.41. The molecule has 0 aromatic heterocycles. The molecular weight excluding hydrogens is 168 g/mol. The van der Waals surface area contributed by atoms with Crippen LogP contribution in [0.1, 0.15) is 33.6 Å². The molecule has 0 aromatic rings. The molecule has 0 bridgehead atoms. The lowest BCUT2D eigenvalue weighted by atomic mass is 10.5. The molecule has 0 amide bonds. The fourth-order valence-electron chi connectivity index (χ4n) is 0.151. The third kappa shape index (κ3) is 23.9. The minimum absolute atomic E-state index is 0.496. The fourth-order valence-corrected chi connectivity index (χ4v) is 0.658. The Kier molecular flexibility index (Phi) is 15.6. The van der Waals surface area contributed by atoms with E-state index in [0.29, 0.717) is 6.61 Å². The first-order valence-electron chi connectivity index (χ1n) is 3.41. The molecule has 0 fully saturated rings. The van der Waals surface area contributed by atoms with Gasteiger partial charge in [-0.15, -0.1) is 0 Å². The quantitative estimate of drug-likeness (QED) is 0.627. The van der Waals surface area contributed by atoms with E-state index in [4.69, 9.17) is 0 Å². The van der Waals surface area contributed by atoms with Gasteiger partial charge in [0, 0.05) is 6.61 Å². The van der Waals surface area contributed by atoms with Crippen molar-refractivity contribution in [3.05, 3.63) is 0 Å². The third-order valence-corrected chi connectivity index (χ3v) is 1.03. The van der Waals surface area contributed by atoms with Gasteiger partial charge in [0.05, 0.1) is 0 Å². The summed E-state index contributed by atoms with van der Waals surface area (Å²) >= 11 is 4.19. The van der Waals surface area contributed by atoms with Crippen molar-refractivity contribution in [1.29, 1.82) is 0 Å². The highest BCUT2D eigenvalue weighted by atomic mass is 32.8. The molecule has 0 aliphatic rings. The molecule has 0 N–H and O–H groups in total. The summed E-state index contributed by atoms with van der Waals surface area (Å²) in [5.74, 6) is 0. The third-order valence-electron chi connectivity index (χ3n) is 0.384. The van der Waals surface area contributed by atoms with Crippen molar-refractivity contribution in [3.8, 4) is 0 Å². The van der Waals surface area contributed by atoms with Crippen LogP contribution in [0.3, 0.4) is 0 Å². The summed E-state index contributed by atoms with van der Waals surface area (Å²) in [4.78, 5) is 0. The lowest BCUT2D eigenvalue weighted by Gasteiger charge is -1.98. The van der Waals surface area contributed by atoms with Crippen molar-refractivity contribution in [2.75, 3.05) is 6.61 Å². The predicted molar refractivity (Wildman–Crippen MR) is 47.6 cm³/mol. The lowest BCUT2D eigenvalue weighted by Crippen LogP contribution is -1.85. The van der Waals surface area contributed by atoms with E-state index in [2.05, 4.69) is 29.2 Å². The van der Waals surface area contributed by atoms with Crippen molar-refractivity contribution in [3.63, 3.8) is 0 Å². The van der Waals surface area contributed by atoms with Crippen molar-refractivity contribution < 1.29 is 8.39 Å². The van der Waals surface area contributed by atoms with Crippen LogP contribution in [0.4, 0.5) is 0 Å². The van der Waals surface area contributed by atoms with E-state index in [9.17, 15) is 4.21 Å². The minimum Gasteiger partial charge on any atom is -0.444 e. The molecule has 0 radical (unpaired) electrons. The summed E-state index contributed by atoms with van der Waals surface area (Å²) in [6.45, 7) is 6.68. The Morgan fingerprint density at radius 3 is 1.90 bits per heavy atom. The van der Waals surface area contributed by atoms with Gasteiger partial charge in [0.1, 0.15) is 0 Å². The van der Waals surface area contributed by atoms with Gasteiger partial charge in [0.2, 0.25) is 0 Å². The molecule has 0 spiro atoms. The molecule has 0 heterocycles. The summed E-state index contributed by atoms with van der Waals surface area (Å²) in [5.41, 5.74) is 0. The number of hydrogen-bond acceptors (Lipinski definition) is 4. The molecule has 4 heteroatoms. The summed E-state index contributed by atoms with van der Waals surface area (Å²) in [6, 6.07) is 0. The maximum atomic E-state index is 9.91. The van der Waals surface area contributed by atoms with Crippen LogP contribution in [0.25, 0.3) is 0 Å². The van der Waals surface area contributed by atoms with Crippen LogP contribution in [-0.4, -0.2) is 6.61 Å². The van der Waals surface area contributed by atoms with Gasteiger partial charge in [-0.05, 0) is 6.42 Å². The molecule has 0 aliphatic carbocycles. The van der Waals surface area contributed by atoms with Gasteiger partial charge in [0.25, 0.3) is 0 Å². The van der Waals surface area contributed by atoms with Gasteiger partial charge in [-0.2, -0.15) is 0 Å². The summed E-state index contributed by atoms with van der Waals surface area (Å²) < 4.78 is 14.4. The number of hydrogen-bond donors (Lipinski definition) is 0. The van der Waals surface area contributed by atoms with E-state index < -0.39 is 9.64 Å². The van der Waals surface area contributed by atoms with Crippen LogP contribution in [0, 0.1) is 0 Å². The first kappa shape index (κ1) is 13.0. The first-order valence-corrected chi connectivity index (χ1v) is 5.41. The Hall–Kier alpha value is 0.330. The van der Waals surface area contributed by atoms with Gasteiger partial charge in [-0.25, -0.2) is 11.2 Å². The van der Waals surface area contributed by atoms with E-state index in [0.717, 1.165) is 6.42 Å². The van der Waals surface area contributed by atoms with E-state index >= 15 is 0 Å². The molecule has 2 nitrogen and oxygen atoms in total. The average Bonchev–Trinajstić information content (AvgIpc) is 1.85. The second-order valence-electron chi connectivity index (χ2n) is 1.73. The Labute approximate surface area is 69.9 Å². The Balaban J connectivity index is 0. The lowest BCUT2D eigenvalue weighted by molar-refractivity contribution is 0.350. The largest absolute Gasteiger partial charge is 0.444 e. The van der Waals surface area contributed by atoms with Gasteiger partial charge in [-0.1, -0.05) is 36.8 Å². The SMILES string of the molecule is CCC.CCCO[S-](=O)=S. The maximum absolute atomic E-state index is 9.91. The highest BCUT2D eigenvalue weighted by Crippen LogP contribution is 1.77. The van der Waals surface area contributed by atoms with Crippen LogP contribution in [0.15, 0.2) is 0 Å². The van der Waals surface area contributed by atoms with Crippen molar-refractivity contribution >= 4 is 20.8 Å². The minimum atomic E-state index is -1.48. The maximum Gasteiger partial charge on any atom is 0.0254 e. The topological polar surface area (TPSA) is 26.3 Å². The van der Waals surface area contributed by atoms with E-state index in [1.165, 1.54) is 6.42 Å². The van der Waals surface area contributed by atoms with Crippen molar-refractivity contribution in [1.82, 2.24) is 0 Å². The molecule has 0 saturated carbocycles. The number of rotatable bonds is 3. The van der Waals surface area contributed by atoms with Crippen LogP contribution in [0.2, 0.25) is 0 Å². The first-order chi connectivity index (χ1) is 4.68. The van der Waals surface area contributed by atoms with Gasteiger partial charge >= 0.3 is 0 Å². The standard InChI is InChI=1S/C3H7O2S2.C3H8/c1-2-3-5-7(4)6;1-3-2/h2-3H2,1H3;3H2,1-2H3/q-1;. The zero-order valence-corrected chi connectivity index (χ0v) is 8.39. The fraction of sp³-hybridized carbons (Fsp3) is 1.00. The predicted octanol–water partition coefficient (Wildman–Crippen LogP) is 2.17. The highest BCUT2D eigenvalue weighted by molar-refractivity contribution is 8.19. The molecular formula is C6H15O2S2-. The van der Waals surface area contributed by atoms with Gasteiger partial charge < -0.3 is 8.39 Å². The molecule has 10 heavy (non-hydrogen) atoms. The Morgan fingerprint density at radius 1 is 1.40 bits per heavy atom. The smallest absolute Gasteiger partial charge is 0.0254 e.